The molecule has 0 saturated carbocycles. The van der Waals surface area contributed by atoms with E-state index in [9.17, 15) is 4.79 Å². The molecule has 3 heteroatoms. The molecule has 0 unspecified atom stereocenters. The lowest BCUT2D eigenvalue weighted by atomic mass is 9.88. The first kappa shape index (κ1) is 14.1. The summed E-state index contributed by atoms with van der Waals surface area (Å²) in [4.78, 5) is 12.6. The van der Waals surface area contributed by atoms with Crippen molar-refractivity contribution in [1.82, 2.24) is 5.32 Å². The lowest BCUT2D eigenvalue weighted by Gasteiger charge is -2.32. The van der Waals surface area contributed by atoms with Gasteiger partial charge in [-0.1, -0.05) is 30.3 Å². The Labute approximate surface area is 115 Å². The number of rotatable bonds is 2. The highest BCUT2D eigenvalue weighted by Gasteiger charge is 2.47. The Hall–Kier alpha value is -1.35. The van der Waals surface area contributed by atoms with E-state index in [4.69, 9.17) is 4.74 Å². The number of esters is 1. The highest BCUT2D eigenvalue weighted by Crippen LogP contribution is 2.35. The molecular formula is C16H23NO2. The molecule has 104 valence electrons. The van der Waals surface area contributed by atoms with E-state index in [1.807, 2.05) is 51.1 Å². The van der Waals surface area contributed by atoms with E-state index in [1.165, 1.54) is 0 Å². The van der Waals surface area contributed by atoms with Crippen molar-refractivity contribution in [3.63, 3.8) is 0 Å². The predicted molar refractivity (Wildman–Crippen MR) is 75.8 cm³/mol. The van der Waals surface area contributed by atoms with Gasteiger partial charge < -0.3 is 4.74 Å². The molecule has 0 amide bonds. The second-order valence-corrected chi connectivity index (χ2v) is 6.36. The van der Waals surface area contributed by atoms with Crippen molar-refractivity contribution in [3.8, 4) is 0 Å². The van der Waals surface area contributed by atoms with Gasteiger partial charge in [-0.05, 0) is 46.1 Å². The molecule has 1 saturated heterocycles. The van der Waals surface area contributed by atoms with Crippen molar-refractivity contribution in [2.75, 3.05) is 0 Å². The number of benzene rings is 1. The van der Waals surface area contributed by atoms with Gasteiger partial charge in [0, 0.05) is 6.04 Å². The maximum Gasteiger partial charge on any atom is 0.331 e. The summed E-state index contributed by atoms with van der Waals surface area (Å²) in [7, 11) is 0. The molecule has 0 bridgehead atoms. The van der Waals surface area contributed by atoms with Crippen LogP contribution >= 0.6 is 0 Å². The molecule has 1 aliphatic heterocycles. The van der Waals surface area contributed by atoms with Gasteiger partial charge in [-0.3, -0.25) is 5.32 Å². The Morgan fingerprint density at radius 1 is 1.32 bits per heavy atom. The van der Waals surface area contributed by atoms with Gasteiger partial charge in [0.05, 0.1) is 0 Å². The second-order valence-electron chi connectivity index (χ2n) is 6.36. The molecule has 0 aliphatic carbocycles. The number of ether oxygens (including phenoxy) is 1. The average molecular weight is 261 g/mol. The largest absolute Gasteiger partial charge is 0.458 e. The summed E-state index contributed by atoms with van der Waals surface area (Å²) in [6.07, 6.45) is 1.77. The monoisotopic (exact) mass is 261 g/mol. The van der Waals surface area contributed by atoms with Crippen LogP contribution in [-0.4, -0.2) is 17.6 Å². The highest BCUT2D eigenvalue weighted by molar-refractivity contribution is 5.83. The zero-order valence-electron chi connectivity index (χ0n) is 12.2. The van der Waals surface area contributed by atoms with E-state index < -0.39 is 11.1 Å². The molecule has 1 aromatic carbocycles. The van der Waals surface area contributed by atoms with Crippen LogP contribution in [0.25, 0.3) is 0 Å². The number of nitrogens with one attached hydrogen (secondary N) is 1. The first-order chi connectivity index (χ1) is 8.83. The number of carbonyl (C=O) groups excluding carboxylic acids is 1. The Morgan fingerprint density at radius 3 is 2.42 bits per heavy atom. The Morgan fingerprint density at radius 2 is 1.95 bits per heavy atom. The molecule has 2 rings (SSSR count). The molecular weight excluding hydrogens is 238 g/mol. The summed E-state index contributed by atoms with van der Waals surface area (Å²) in [6.45, 7) is 7.82. The van der Waals surface area contributed by atoms with E-state index in [1.54, 1.807) is 0 Å². The Kier molecular flexibility index (Phi) is 3.68. The summed E-state index contributed by atoms with van der Waals surface area (Å²) < 4.78 is 5.63. The number of carbonyl (C=O) groups is 1. The third-order valence-electron chi connectivity index (χ3n) is 3.46. The summed E-state index contributed by atoms with van der Waals surface area (Å²) in [5, 5.41) is 3.43. The normalized spacial score (nSPS) is 27.3. The van der Waals surface area contributed by atoms with Gasteiger partial charge in [-0.2, -0.15) is 0 Å². The van der Waals surface area contributed by atoms with E-state index in [-0.39, 0.29) is 5.97 Å². The minimum atomic E-state index is -0.687. The summed E-state index contributed by atoms with van der Waals surface area (Å²) in [5.74, 6) is -0.171. The van der Waals surface area contributed by atoms with Crippen LogP contribution in [0.15, 0.2) is 30.3 Å². The van der Waals surface area contributed by atoms with Gasteiger partial charge in [0.2, 0.25) is 0 Å². The first-order valence-electron chi connectivity index (χ1n) is 6.90. The van der Waals surface area contributed by atoms with Gasteiger partial charge in [-0.25, -0.2) is 4.79 Å². The van der Waals surface area contributed by atoms with E-state index in [2.05, 4.69) is 12.2 Å². The average Bonchev–Trinajstić information content (AvgIpc) is 2.72. The van der Waals surface area contributed by atoms with Gasteiger partial charge in [0.15, 0.2) is 0 Å². The minimum Gasteiger partial charge on any atom is -0.458 e. The quantitative estimate of drug-likeness (QED) is 0.832. The van der Waals surface area contributed by atoms with Crippen molar-refractivity contribution in [3.05, 3.63) is 35.9 Å². The van der Waals surface area contributed by atoms with E-state index >= 15 is 0 Å². The van der Waals surface area contributed by atoms with Gasteiger partial charge in [0.1, 0.15) is 11.1 Å². The fourth-order valence-electron chi connectivity index (χ4n) is 2.59. The fraction of sp³-hybridized carbons (Fsp3) is 0.562. The van der Waals surface area contributed by atoms with Crippen LogP contribution in [-0.2, 0) is 15.1 Å². The van der Waals surface area contributed by atoms with Crippen LogP contribution in [0.1, 0.15) is 46.1 Å². The maximum absolute atomic E-state index is 12.6. The van der Waals surface area contributed by atoms with Crippen molar-refractivity contribution < 1.29 is 9.53 Å². The number of hydrogen-bond donors (Lipinski definition) is 1. The van der Waals surface area contributed by atoms with Crippen LogP contribution in [0.3, 0.4) is 0 Å². The van der Waals surface area contributed by atoms with Crippen molar-refractivity contribution >= 4 is 5.97 Å². The summed E-state index contributed by atoms with van der Waals surface area (Å²) >= 11 is 0. The van der Waals surface area contributed by atoms with Crippen LogP contribution < -0.4 is 5.32 Å². The topological polar surface area (TPSA) is 38.3 Å². The molecule has 0 radical (unpaired) electrons. The second kappa shape index (κ2) is 4.97. The van der Waals surface area contributed by atoms with Gasteiger partial charge >= 0.3 is 5.97 Å². The summed E-state index contributed by atoms with van der Waals surface area (Å²) in [6, 6.07) is 10.2. The molecule has 0 aromatic heterocycles. The summed E-state index contributed by atoms with van der Waals surface area (Å²) in [5.41, 5.74) is -0.158. The molecule has 1 N–H and O–H groups in total. The third-order valence-corrected chi connectivity index (χ3v) is 3.46. The highest BCUT2D eigenvalue weighted by atomic mass is 16.6. The molecule has 1 heterocycles. The SMILES string of the molecule is C[C@H]1CC[C@](C(=O)OC(C)(C)C)(c2ccccc2)N1. The van der Waals surface area contributed by atoms with Crippen LogP contribution in [0.4, 0.5) is 0 Å². The molecule has 3 nitrogen and oxygen atoms in total. The zero-order chi connectivity index (χ0) is 14.1. The van der Waals surface area contributed by atoms with Crippen LogP contribution in [0.2, 0.25) is 0 Å². The van der Waals surface area contributed by atoms with E-state index in [0.717, 1.165) is 18.4 Å². The Bertz CT molecular complexity index is 450. The molecule has 1 aromatic rings. The lowest BCUT2D eigenvalue weighted by molar-refractivity contribution is -0.163. The molecule has 2 atom stereocenters. The standard InChI is InChI=1S/C16H23NO2/c1-12-10-11-16(17-12,13-8-6-5-7-9-13)14(18)19-15(2,3)4/h5-9,12,17H,10-11H2,1-4H3/t12-,16+/m0/s1. The fourth-order valence-corrected chi connectivity index (χ4v) is 2.59. The van der Waals surface area contributed by atoms with E-state index in [0.29, 0.717) is 6.04 Å². The van der Waals surface area contributed by atoms with Gasteiger partial charge in [-0.15, -0.1) is 0 Å². The molecule has 1 fully saturated rings. The maximum atomic E-state index is 12.6. The smallest absolute Gasteiger partial charge is 0.331 e. The zero-order valence-corrected chi connectivity index (χ0v) is 12.2. The van der Waals surface area contributed by atoms with Crippen LogP contribution in [0, 0.1) is 0 Å². The molecule has 19 heavy (non-hydrogen) atoms. The number of hydrogen-bond acceptors (Lipinski definition) is 3. The van der Waals surface area contributed by atoms with Crippen molar-refractivity contribution in [2.24, 2.45) is 0 Å². The van der Waals surface area contributed by atoms with Crippen LogP contribution in [0.5, 0.6) is 0 Å². The third kappa shape index (κ3) is 2.98. The molecule has 1 aliphatic rings. The minimum absolute atomic E-state index is 0.171. The first-order valence-corrected chi connectivity index (χ1v) is 6.90. The predicted octanol–water partition coefficient (Wildman–Crippen LogP) is 3.00. The lowest BCUT2D eigenvalue weighted by Crippen LogP contribution is -2.49. The van der Waals surface area contributed by atoms with Crippen molar-refractivity contribution in [2.45, 2.75) is 57.7 Å². The van der Waals surface area contributed by atoms with Gasteiger partial charge in [0.25, 0.3) is 0 Å². The van der Waals surface area contributed by atoms with Crippen molar-refractivity contribution in [1.29, 1.82) is 0 Å². The Balaban J connectivity index is 2.34. The molecule has 0 spiro atoms.